The lowest BCUT2D eigenvalue weighted by atomic mass is 9.98. The van der Waals surface area contributed by atoms with Gasteiger partial charge in [0.1, 0.15) is 5.82 Å². The minimum absolute atomic E-state index is 0.0642. The number of nitrogens with zero attached hydrogens (tertiary/aromatic N) is 2. The predicted octanol–water partition coefficient (Wildman–Crippen LogP) is 2.61. The normalized spacial score (nSPS) is 18.1. The lowest BCUT2D eigenvalue weighted by Gasteiger charge is -2.31. The Kier molecular flexibility index (Phi) is 4.58. The van der Waals surface area contributed by atoms with E-state index in [1.165, 1.54) is 6.07 Å². The van der Waals surface area contributed by atoms with Crippen molar-refractivity contribution in [2.45, 2.75) is 12.5 Å². The quantitative estimate of drug-likeness (QED) is 0.939. The Hall–Kier alpha value is -1.78. The van der Waals surface area contributed by atoms with E-state index in [9.17, 15) is 4.39 Å². The van der Waals surface area contributed by atoms with E-state index in [0.717, 1.165) is 43.7 Å². The Morgan fingerprint density at radius 3 is 2.81 bits per heavy atom. The molecule has 2 aromatic rings. The van der Waals surface area contributed by atoms with Gasteiger partial charge in [0.25, 0.3) is 0 Å². The summed E-state index contributed by atoms with van der Waals surface area (Å²) < 4.78 is 13.6. The van der Waals surface area contributed by atoms with Crippen LogP contribution in [0.4, 0.5) is 4.39 Å². The van der Waals surface area contributed by atoms with E-state index in [1.807, 2.05) is 18.3 Å². The molecule has 3 nitrogen and oxygen atoms in total. The molecule has 1 N–H and O–H groups in total. The molecule has 0 spiro atoms. The molecule has 1 aliphatic rings. The van der Waals surface area contributed by atoms with Crippen LogP contribution in [-0.4, -0.2) is 36.1 Å². The Labute approximate surface area is 124 Å². The maximum absolute atomic E-state index is 13.6. The molecule has 1 saturated heterocycles. The van der Waals surface area contributed by atoms with Gasteiger partial charge in [-0.3, -0.25) is 9.88 Å². The summed E-state index contributed by atoms with van der Waals surface area (Å²) >= 11 is 0. The highest BCUT2D eigenvalue weighted by atomic mass is 19.1. The first-order chi connectivity index (χ1) is 10.3. The molecule has 0 bridgehead atoms. The van der Waals surface area contributed by atoms with Crippen LogP contribution < -0.4 is 5.32 Å². The van der Waals surface area contributed by atoms with Gasteiger partial charge in [-0.15, -0.1) is 0 Å². The van der Waals surface area contributed by atoms with E-state index in [1.54, 1.807) is 18.3 Å². The van der Waals surface area contributed by atoms with E-state index in [0.29, 0.717) is 0 Å². The van der Waals surface area contributed by atoms with Crippen LogP contribution in [0.5, 0.6) is 0 Å². The molecule has 0 aliphatic carbocycles. The summed E-state index contributed by atoms with van der Waals surface area (Å²) in [4.78, 5) is 6.64. The van der Waals surface area contributed by atoms with Gasteiger partial charge in [0, 0.05) is 32.0 Å². The van der Waals surface area contributed by atoms with Gasteiger partial charge in [-0.2, -0.15) is 0 Å². The molecule has 1 fully saturated rings. The minimum Gasteiger partial charge on any atom is -0.315 e. The number of rotatable bonds is 3. The van der Waals surface area contributed by atoms with E-state index < -0.39 is 0 Å². The number of hydrogen-bond donors (Lipinski definition) is 1. The smallest absolute Gasteiger partial charge is 0.123 e. The molecule has 1 aliphatic heterocycles. The second-order valence-electron chi connectivity index (χ2n) is 5.38. The summed E-state index contributed by atoms with van der Waals surface area (Å²) in [5.41, 5.74) is 2.11. The van der Waals surface area contributed by atoms with Gasteiger partial charge in [-0.1, -0.05) is 18.2 Å². The summed E-state index contributed by atoms with van der Waals surface area (Å²) in [5.74, 6) is -0.186. The fraction of sp³-hybridized carbons (Fsp3) is 0.353. The second-order valence-corrected chi connectivity index (χ2v) is 5.38. The van der Waals surface area contributed by atoms with Crippen LogP contribution in [0.3, 0.4) is 0 Å². The zero-order valence-electron chi connectivity index (χ0n) is 12.0. The van der Waals surface area contributed by atoms with E-state index in [-0.39, 0.29) is 11.9 Å². The third kappa shape index (κ3) is 3.46. The first-order valence-corrected chi connectivity index (χ1v) is 7.45. The van der Waals surface area contributed by atoms with Gasteiger partial charge < -0.3 is 5.32 Å². The van der Waals surface area contributed by atoms with Gasteiger partial charge >= 0.3 is 0 Å². The predicted molar refractivity (Wildman–Crippen MR) is 81.5 cm³/mol. The van der Waals surface area contributed by atoms with Crippen LogP contribution >= 0.6 is 0 Å². The van der Waals surface area contributed by atoms with Crippen LogP contribution in [0.25, 0.3) is 0 Å². The average Bonchev–Trinajstić information content (AvgIpc) is 2.78. The van der Waals surface area contributed by atoms with Crippen molar-refractivity contribution in [1.82, 2.24) is 15.2 Å². The molecule has 4 heteroatoms. The van der Waals surface area contributed by atoms with Crippen LogP contribution in [0.1, 0.15) is 23.6 Å². The lowest BCUT2D eigenvalue weighted by molar-refractivity contribution is 0.240. The van der Waals surface area contributed by atoms with Crippen molar-refractivity contribution in [3.63, 3.8) is 0 Å². The number of aromatic nitrogens is 1. The highest BCUT2D eigenvalue weighted by Gasteiger charge is 2.23. The first kappa shape index (κ1) is 14.2. The van der Waals surface area contributed by atoms with Crippen molar-refractivity contribution < 1.29 is 4.39 Å². The van der Waals surface area contributed by atoms with Crippen molar-refractivity contribution in [1.29, 1.82) is 0 Å². The van der Waals surface area contributed by atoms with Gasteiger partial charge in [0.15, 0.2) is 0 Å². The fourth-order valence-electron chi connectivity index (χ4n) is 2.95. The van der Waals surface area contributed by atoms with E-state index >= 15 is 0 Å². The molecule has 0 radical (unpaired) electrons. The van der Waals surface area contributed by atoms with Gasteiger partial charge in [0.2, 0.25) is 0 Å². The molecule has 21 heavy (non-hydrogen) atoms. The minimum atomic E-state index is -0.186. The highest BCUT2D eigenvalue weighted by molar-refractivity contribution is 5.30. The molecule has 1 aromatic heterocycles. The zero-order valence-corrected chi connectivity index (χ0v) is 12.0. The van der Waals surface area contributed by atoms with E-state index in [2.05, 4.69) is 21.3 Å². The molecule has 0 amide bonds. The van der Waals surface area contributed by atoms with Crippen molar-refractivity contribution >= 4 is 0 Å². The van der Waals surface area contributed by atoms with Crippen LogP contribution in [0.2, 0.25) is 0 Å². The first-order valence-electron chi connectivity index (χ1n) is 7.45. The third-order valence-corrected chi connectivity index (χ3v) is 3.90. The Bertz CT molecular complexity index is 565. The largest absolute Gasteiger partial charge is 0.315 e. The Morgan fingerprint density at radius 1 is 1.10 bits per heavy atom. The number of halogens is 1. The summed E-state index contributed by atoms with van der Waals surface area (Å²) in [6.07, 6.45) is 4.76. The van der Waals surface area contributed by atoms with Crippen LogP contribution in [-0.2, 0) is 0 Å². The lowest BCUT2D eigenvalue weighted by Crippen LogP contribution is -2.33. The van der Waals surface area contributed by atoms with Gasteiger partial charge in [0.05, 0.1) is 6.04 Å². The maximum atomic E-state index is 13.6. The summed E-state index contributed by atoms with van der Waals surface area (Å²) in [5, 5.41) is 3.42. The van der Waals surface area contributed by atoms with E-state index in [4.69, 9.17) is 0 Å². The Morgan fingerprint density at radius 2 is 2.00 bits per heavy atom. The standard InChI is InChI=1S/C17H20FN3/c18-16-6-1-4-14(12-16)17(15-5-2-7-20-13-15)21-10-3-8-19-9-11-21/h1-2,4-7,12-13,17,19H,3,8-11H2. The fourth-order valence-corrected chi connectivity index (χ4v) is 2.95. The molecular weight excluding hydrogens is 265 g/mol. The maximum Gasteiger partial charge on any atom is 0.123 e. The van der Waals surface area contributed by atoms with Crippen LogP contribution in [0, 0.1) is 5.82 Å². The number of benzene rings is 1. The number of nitrogens with one attached hydrogen (secondary N) is 1. The topological polar surface area (TPSA) is 28.2 Å². The summed E-state index contributed by atoms with van der Waals surface area (Å²) in [6.45, 7) is 3.96. The summed E-state index contributed by atoms with van der Waals surface area (Å²) in [6, 6.07) is 11.0. The van der Waals surface area contributed by atoms with Crippen molar-refractivity contribution in [3.8, 4) is 0 Å². The van der Waals surface area contributed by atoms with Crippen molar-refractivity contribution in [2.75, 3.05) is 26.2 Å². The number of hydrogen-bond acceptors (Lipinski definition) is 3. The molecule has 3 rings (SSSR count). The second kappa shape index (κ2) is 6.78. The monoisotopic (exact) mass is 285 g/mol. The Balaban J connectivity index is 1.98. The number of pyridine rings is 1. The molecule has 0 saturated carbocycles. The molecule has 110 valence electrons. The van der Waals surface area contributed by atoms with Crippen molar-refractivity contribution in [2.24, 2.45) is 0 Å². The third-order valence-electron chi connectivity index (χ3n) is 3.90. The molecule has 1 unspecified atom stereocenters. The SMILES string of the molecule is Fc1cccc(C(c2cccnc2)N2CCCNCC2)c1. The average molecular weight is 285 g/mol. The molecule has 1 aromatic carbocycles. The highest BCUT2D eigenvalue weighted by Crippen LogP contribution is 2.28. The van der Waals surface area contributed by atoms with Crippen LogP contribution in [0.15, 0.2) is 48.8 Å². The van der Waals surface area contributed by atoms with Gasteiger partial charge in [-0.05, 0) is 42.3 Å². The molecule has 1 atom stereocenters. The summed E-state index contributed by atoms with van der Waals surface area (Å²) in [7, 11) is 0. The molecule has 2 heterocycles. The van der Waals surface area contributed by atoms with Crippen molar-refractivity contribution in [3.05, 3.63) is 65.7 Å². The zero-order chi connectivity index (χ0) is 14.5. The van der Waals surface area contributed by atoms with Gasteiger partial charge in [-0.25, -0.2) is 4.39 Å². The molecular formula is C17H20FN3.